The van der Waals surface area contributed by atoms with Gasteiger partial charge in [-0.15, -0.1) is 0 Å². The summed E-state index contributed by atoms with van der Waals surface area (Å²) in [4.78, 5) is 0.164. The van der Waals surface area contributed by atoms with Crippen LogP contribution in [0.5, 0.6) is 5.75 Å². The lowest BCUT2D eigenvalue weighted by atomic mass is 10.2. The Balaban J connectivity index is 2.33. The maximum Gasteiger partial charge on any atom is 0.262 e. The zero-order valence-electron chi connectivity index (χ0n) is 11.8. The predicted octanol–water partition coefficient (Wildman–Crippen LogP) is 3.85. The third-order valence-electron chi connectivity index (χ3n) is 2.90. The van der Waals surface area contributed by atoms with Crippen molar-refractivity contribution in [3.05, 3.63) is 53.1 Å². The Labute approximate surface area is 129 Å². The predicted molar refractivity (Wildman–Crippen MR) is 84.6 cm³/mol. The van der Waals surface area contributed by atoms with E-state index in [1.165, 1.54) is 6.07 Å². The Kier molecular flexibility index (Phi) is 4.75. The fraction of sp³-hybridized carbons (Fsp3) is 0.200. The molecule has 0 bridgehead atoms. The zero-order chi connectivity index (χ0) is 15.5. The Bertz CT molecular complexity index is 744. The molecule has 0 atom stereocenters. The first-order chi connectivity index (χ1) is 9.94. The largest absolute Gasteiger partial charge is 0.494 e. The van der Waals surface area contributed by atoms with E-state index in [-0.39, 0.29) is 4.90 Å². The molecule has 2 aromatic carbocycles. The van der Waals surface area contributed by atoms with Crippen LogP contribution in [-0.4, -0.2) is 15.0 Å². The number of rotatable bonds is 5. The molecule has 112 valence electrons. The molecule has 0 spiro atoms. The highest BCUT2D eigenvalue weighted by Gasteiger charge is 2.18. The number of halogens is 1. The van der Waals surface area contributed by atoms with Crippen LogP contribution in [0, 0.1) is 6.92 Å². The molecule has 0 fully saturated rings. The molecule has 0 saturated heterocycles. The van der Waals surface area contributed by atoms with Crippen LogP contribution < -0.4 is 9.46 Å². The Morgan fingerprint density at radius 1 is 1.19 bits per heavy atom. The summed E-state index contributed by atoms with van der Waals surface area (Å²) in [5.41, 5.74) is 0.966. The molecule has 0 radical (unpaired) electrons. The van der Waals surface area contributed by atoms with Crippen LogP contribution >= 0.6 is 11.6 Å². The van der Waals surface area contributed by atoms with E-state index in [1.807, 2.05) is 6.92 Å². The van der Waals surface area contributed by atoms with Crippen molar-refractivity contribution in [2.75, 3.05) is 11.3 Å². The summed E-state index contributed by atoms with van der Waals surface area (Å²) < 4.78 is 32.8. The molecule has 0 heterocycles. The fourth-order valence-electron chi connectivity index (χ4n) is 1.90. The number of ether oxygens (including phenoxy) is 1. The Morgan fingerprint density at radius 2 is 1.90 bits per heavy atom. The van der Waals surface area contributed by atoms with E-state index < -0.39 is 10.0 Å². The van der Waals surface area contributed by atoms with Gasteiger partial charge >= 0.3 is 0 Å². The minimum absolute atomic E-state index is 0.164. The second kappa shape index (κ2) is 6.37. The number of sulfonamides is 1. The molecule has 0 aliphatic carbocycles. The molecule has 0 aliphatic heterocycles. The molecule has 4 nitrogen and oxygen atoms in total. The van der Waals surface area contributed by atoms with Gasteiger partial charge in [0.1, 0.15) is 5.75 Å². The van der Waals surface area contributed by atoms with E-state index in [0.29, 0.717) is 28.6 Å². The third-order valence-corrected chi connectivity index (χ3v) is 4.84. The van der Waals surface area contributed by atoms with Gasteiger partial charge in [0, 0.05) is 11.1 Å². The molecular formula is C15H16ClNO3S. The van der Waals surface area contributed by atoms with Crippen LogP contribution in [0.1, 0.15) is 12.5 Å². The molecule has 6 heteroatoms. The van der Waals surface area contributed by atoms with E-state index in [2.05, 4.69) is 4.72 Å². The number of hydrogen-bond donors (Lipinski definition) is 1. The lowest BCUT2D eigenvalue weighted by Crippen LogP contribution is -2.14. The van der Waals surface area contributed by atoms with Gasteiger partial charge < -0.3 is 4.74 Å². The second-order valence-corrected chi connectivity index (χ2v) is 6.49. The quantitative estimate of drug-likeness (QED) is 0.908. The SMILES string of the molecule is CCOc1cccc(NS(=O)(=O)c2cccc(Cl)c2C)c1. The summed E-state index contributed by atoms with van der Waals surface area (Å²) in [6.45, 7) is 4.06. The fourth-order valence-corrected chi connectivity index (χ4v) is 3.45. The molecule has 2 aromatic rings. The highest BCUT2D eigenvalue weighted by Crippen LogP contribution is 2.26. The van der Waals surface area contributed by atoms with Crippen molar-refractivity contribution in [2.24, 2.45) is 0 Å². The Hall–Kier alpha value is -1.72. The van der Waals surface area contributed by atoms with Crippen molar-refractivity contribution in [1.29, 1.82) is 0 Å². The van der Waals surface area contributed by atoms with Gasteiger partial charge in [-0.2, -0.15) is 0 Å². The van der Waals surface area contributed by atoms with Gasteiger partial charge in [0.25, 0.3) is 10.0 Å². The number of anilines is 1. The van der Waals surface area contributed by atoms with Crippen molar-refractivity contribution in [1.82, 2.24) is 0 Å². The molecule has 1 N–H and O–H groups in total. The number of hydrogen-bond acceptors (Lipinski definition) is 3. The zero-order valence-corrected chi connectivity index (χ0v) is 13.3. The average molecular weight is 326 g/mol. The van der Waals surface area contributed by atoms with E-state index in [1.54, 1.807) is 43.3 Å². The molecule has 0 saturated carbocycles. The van der Waals surface area contributed by atoms with Gasteiger partial charge in [-0.25, -0.2) is 8.42 Å². The Morgan fingerprint density at radius 3 is 2.62 bits per heavy atom. The maximum absolute atomic E-state index is 12.4. The summed E-state index contributed by atoms with van der Waals surface area (Å²) in [5, 5.41) is 0.418. The molecular weight excluding hydrogens is 310 g/mol. The maximum atomic E-state index is 12.4. The van der Waals surface area contributed by atoms with Crippen molar-refractivity contribution >= 4 is 27.3 Å². The van der Waals surface area contributed by atoms with E-state index in [0.717, 1.165) is 0 Å². The van der Waals surface area contributed by atoms with Gasteiger partial charge in [0.2, 0.25) is 0 Å². The first kappa shape index (κ1) is 15.7. The summed E-state index contributed by atoms with van der Waals surface area (Å²) >= 11 is 5.98. The van der Waals surface area contributed by atoms with Crippen molar-refractivity contribution < 1.29 is 13.2 Å². The third kappa shape index (κ3) is 3.68. The smallest absolute Gasteiger partial charge is 0.262 e. The van der Waals surface area contributed by atoms with Gasteiger partial charge in [-0.3, -0.25) is 4.72 Å². The molecule has 2 rings (SSSR count). The molecule has 0 unspecified atom stereocenters. The molecule has 21 heavy (non-hydrogen) atoms. The number of benzene rings is 2. The summed E-state index contributed by atoms with van der Waals surface area (Å²) in [6, 6.07) is 11.6. The van der Waals surface area contributed by atoms with Crippen molar-refractivity contribution in [3.8, 4) is 5.75 Å². The topological polar surface area (TPSA) is 55.4 Å². The minimum atomic E-state index is -3.69. The number of nitrogens with one attached hydrogen (secondary N) is 1. The normalized spacial score (nSPS) is 11.2. The standard InChI is InChI=1S/C15H16ClNO3S/c1-3-20-13-7-4-6-12(10-13)17-21(18,19)15-9-5-8-14(16)11(15)2/h4-10,17H,3H2,1-2H3. The summed E-state index contributed by atoms with van der Waals surface area (Å²) in [5.74, 6) is 0.612. The van der Waals surface area contributed by atoms with Crippen LogP contribution in [0.4, 0.5) is 5.69 Å². The van der Waals surface area contributed by atoms with Gasteiger partial charge in [-0.1, -0.05) is 23.7 Å². The highest BCUT2D eigenvalue weighted by atomic mass is 35.5. The monoisotopic (exact) mass is 325 g/mol. The molecule has 0 aromatic heterocycles. The van der Waals surface area contributed by atoms with Crippen LogP contribution in [0.3, 0.4) is 0 Å². The van der Waals surface area contributed by atoms with E-state index in [4.69, 9.17) is 16.3 Å². The van der Waals surface area contributed by atoms with E-state index in [9.17, 15) is 8.42 Å². The van der Waals surface area contributed by atoms with Crippen LogP contribution in [0.25, 0.3) is 0 Å². The lowest BCUT2D eigenvalue weighted by molar-refractivity contribution is 0.340. The lowest BCUT2D eigenvalue weighted by Gasteiger charge is -2.12. The van der Waals surface area contributed by atoms with Gasteiger partial charge in [0.05, 0.1) is 17.2 Å². The van der Waals surface area contributed by atoms with Crippen molar-refractivity contribution in [3.63, 3.8) is 0 Å². The minimum Gasteiger partial charge on any atom is -0.494 e. The van der Waals surface area contributed by atoms with Gasteiger partial charge in [0.15, 0.2) is 0 Å². The first-order valence-electron chi connectivity index (χ1n) is 6.45. The summed E-state index contributed by atoms with van der Waals surface area (Å²) in [7, 11) is -3.69. The second-order valence-electron chi connectivity index (χ2n) is 4.43. The van der Waals surface area contributed by atoms with Crippen molar-refractivity contribution in [2.45, 2.75) is 18.7 Å². The van der Waals surface area contributed by atoms with E-state index >= 15 is 0 Å². The molecule has 0 amide bonds. The average Bonchev–Trinajstić information content (AvgIpc) is 2.42. The summed E-state index contributed by atoms with van der Waals surface area (Å²) in [6.07, 6.45) is 0. The highest BCUT2D eigenvalue weighted by molar-refractivity contribution is 7.92. The van der Waals surface area contributed by atoms with Gasteiger partial charge in [-0.05, 0) is 43.7 Å². The van der Waals surface area contributed by atoms with Crippen LogP contribution in [0.15, 0.2) is 47.4 Å². The first-order valence-corrected chi connectivity index (χ1v) is 8.31. The van der Waals surface area contributed by atoms with Crippen LogP contribution in [-0.2, 0) is 10.0 Å². The van der Waals surface area contributed by atoms with Crippen LogP contribution in [0.2, 0.25) is 5.02 Å². The molecule has 0 aliphatic rings.